The molecule has 0 bridgehead atoms. The highest BCUT2D eigenvalue weighted by Gasteiger charge is 2.03. The Morgan fingerprint density at radius 2 is 2.00 bits per heavy atom. The van der Waals surface area contributed by atoms with Crippen molar-refractivity contribution in [3.63, 3.8) is 0 Å². The first-order valence-electron chi connectivity index (χ1n) is 6.38. The number of ether oxygens (including phenoxy) is 1. The molecular weight excluding hydrogens is 365 g/mol. The topological polar surface area (TPSA) is 38.3 Å². The summed E-state index contributed by atoms with van der Waals surface area (Å²) in [5.41, 5.74) is 1.96. The van der Waals surface area contributed by atoms with Crippen LogP contribution in [0.2, 0.25) is 0 Å². The second-order valence-corrected chi connectivity index (χ2v) is 5.72. The maximum absolute atomic E-state index is 11.8. The van der Waals surface area contributed by atoms with Gasteiger partial charge < -0.3 is 10.1 Å². The van der Waals surface area contributed by atoms with Crippen LogP contribution in [0.15, 0.2) is 48.5 Å². The van der Waals surface area contributed by atoms with Crippen LogP contribution in [0.5, 0.6) is 5.75 Å². The Balaban J connectivity index is 1.78. The number of hydrogen-bond donors (Lipinski definition) is 1. The Labute approximate surface area is 132 Å². The van der Waals surface area contributed by atoms with Crippen molar-refractivity contribution in [3.8, 4) is 5.75 Å². The SMILES string of the molecule is Cc1cccc(OCCC(=O)Nc2cccc(I)c2)c1. The molecule has 2 aromatic rings. The summed E-state index contributed by atoms with van der Waals surface area (Å²) in [6.45, 7) is 2.38. The molecule has 0 atom stereocenters. The molecule has 0 aliphatic rings. The number of anilines is 1. The van der Waals surface area contributed by atoms with Crippen LogP contribution in [0.4, 0.5) is 5.69 Å². The fourth-order valence-corrected chi connectivity index (χ4v) is 2.30. The predicted octanol–water partition coefficient (Wildman–Crippen LogP) is 4.01. The summed E-state index contributed by atoms with van der Waals surface area (Å²) in [6, 6.07) is 15.5. The summed E-state index contributed by atoms with van der Waals surface area (Å²) in [5, 5.41) is 2.86. The quantitative estimate of drug-likeness (QED) is 0.795. The largest absolute Gasteiger partial charge is 0.493 e. The Bertz CT molecular complexity index is 599. The molecule has 1 amide bonds. The number of carbonyl (C=O) groups is 1. The molecule has 20 heavy (non-hydrogen) atoms. The second kappa shape index (κ2) is 7.28. The van der Waals surface area contributed by atoms with Crippen molar-refractivity contribution in [2.45, 2.75) is 13.3 Å². The van der Waals surface area contributed by atoms with E-state index in [1.54, 1.807) is 0 Å². The van der Waals surface area contributed by atoms with Gasteiger partial charge in [-0.1, -0.05) is 18.2 Å². The highest BCUT2D eigenvalue weighted by Crippen LogP contribution is 2.14. The van der Waals surface area contributed by atoms with E-state index >= 15 is 0 Å². The lowest BCUT2D eigenvalue weighted by Crippen LogP contribution is -2.15. The molecular formula is C16H16INO2. The number of rotatable bonds is 5. The summed E-state index contributed by atoms with van der Waals surface area (Å²) >= 11 is 2.22. The van der Waals surface area contributed by atoms with Gasteiger partial charge >= 0.3 is 0 Å². The van der Waals surface area contributed by atoms with Crippen molar-refractivity contribution < 1.29 is 9.53 Å². The molecule has 0 aliphatic heterocycles. The van der Waals surface area contributed by atoms with Gasteiger partial charge in [0.05, 0.1) is 13.0 Å². The Morgan fingerprint density at radius 1 is 1.20 bits per heavy atom. The van der Waals surface area contributed by atoms with Crippen LogP contribution in [0.25, 0.3) is 0 Å². The second-order valence-electron chi connectivity index (χ2n) is 4.47. The third kappa shape index (κ3) is 4.85. The monoisotopic (exact) mass is 381 g/mol. The highest BCUT2D eigenvalue weighted by molar-refractivity contribution is 14.1. The van der Waals surface area contributed by atoms with Gasteiger partial charge in [0, 0.05) is 9.26 Å². The number of hydrogen-bond acceptors (Lipinski definition) is 2. The van der Waals surface area contributed by atoms with Crippen LogP contribution in [0.3, 0.4) is 0 Å². The van der Waals surface area contributed by atoms with Crippen LogP contribution in [0.1, 0.15) is 12.0 Å². The molecule has 0 aliphatic carbocycles. The molecule has 2 aromatic carbocycles. The van der Waals surface area contributed by atoms with Crippen LogP contribution < -0.4 is 10.1 Å². The van der Waals surface area contributed by atoms with Gasteiger partial charge in [0.1, 0.15) is 5.75 Å². The van der Waals surface area contributed by atoms with E-state index in [4.69, 9.17) is 4.74 Å². The summed E-state index contributed by atoms with van der Waals surface area (Å²) in [4.78, 5) is 11.8. The lowest BCUT2D eigenvalue weighted by Gasteiger charge is -2.08. The van der Waals surface area contributed by atoms with E-state index in [2.05, 4.69) is 27.9 Å². The Hall–Kier alpha value is -1.56. The third-order valence-corrected chi connectivity index (χ3v) is 3.37. The molecule has 0 aromatic heterocycles. The fourth-order valence-electron chi connectivity index (χ4n) is 1.76. The average molecular weight is 381 g/mol. The maximum Gasteiger partial charge on any atom is 0.227 e. The molecule has 2 rings (SSSR count). The van der Waals surface area contributed by atoms with E-state index < -0.39 is 0 Å². The van der Waals surface area contributed by atoms with Gasteiger partial charge in [-0.05, 0) is 65.4 Å². The molecule has 0 heterocycles. The van der Waals surface area contributed by atoms with Gasteiger partial charge in [-0.15, -0.1) is 0 Å². The molecule has 4 heteroatoms. The Kier molecular flexibility index (Phi) is 5.40. The van der Waals surface area contributed by atoms with Crippen molar-refractivity contribution in [3.05, 3.63) is 57.7 Å². The normalized spacial score (nSPS) is 10.1. The zero-order valence-corrected chi connectivity index (χ0v) is 13.4. The lowest BCUT2D eigenvalue weighted by atomic mass is 10.2. The van der Waals surface area contributed by atoms with E-state index in [-0.39, 0.29) is 5.91 Å². The van der Waals surface area contributed by atoms with Crippen molar-refractivity contribution in [2.24, 2.45) is 0 Å². The van der Waals surface area contributed by atoms with Crippen molar-refractivity contribution in [2.75, 3.05) is 11.9 Å². The van der Waals surface area contributed by atoms with Crippen LogP contribution >= 0.6 is 22.6 Å². The standard InChI is InChI=1S/C16H16INO2/c1-12-4-2-7-15(10-12)20-9-8-16(19)18-14-6-3-5-13(17)11-14/h2-7,10-11H,8-9H2,1H3,(H,18,19). The third-order valence-electron chi connectivity index (χ3n) is 2.70. The molecule has 104 valence electrons. The lowest BCUT2D eigenvalue weighted by molar-refractivity contribution is -0.116. The maximum atomic E-state index is 11.8. The van der Waals surface area contributed by atoms with E-state index in [1.807, 2.05) is 55.5 Å². The number of carbonyl (C=O) groups excluding carboxylic acids is 1. The average Bonchev–Trinajstić information content (AvgIpc) is 2.38. The summed E-state index contributed by atoms with van der Waals surface area (Å²) in [7, 11) is 0. The van der Waals surface area contributed by atoms with Gasteiger partial charge in [-0.25, -0.2) is 0 Å². The van der Waals surface area contributed by atoms with Crippen molar-refractivity contribution in [1.82, 2.24) is 0 Å². The molecule has 0 spiro atoms. The van der Waals surface area contributed by atoms with E-state index in [9.17, 15) is 4.79 Å². The minimum absolute atomic E-state index is 0.0420. The first-order valence-corrected chi connectivity index (χ1v) is 7.46. The summed E-state index contributed by atoms with van der Waals surface area (Å²) in [5.74, 6) is 0.756. The van der Waals surface area contributed by atoms with E-state index in [0.717, 1.165) is 20.6 Å². The first-order chi connectivity index (χ1) is 9.63. The van der Waals surface area contributed by atoms with Gasteiger partial charge in [0.2, 0.25) is 5.91 Å². The fraction of sp³-hybridized carbons (Fsp3) is 0.188. The van der Waals surface area contributed by atoms with E-state index in [0.29, 0.717) is 13.0 Å². The van der Waals surface area contributed by atoms with E-state index in [1.165, 1.54) is 0 Å². The summed E-state index contributed by atoms with van der Waals surface area (Å²) in [6.07, 6.45) is 0.333. The van der Waals surface area contributed by atoms with Crippen LogP contribution in [0, 0.1) is 10.5 Å². The minimum atomic E-state index is -0.0420. The highest BCUT2D eigenvalue weighted by atomic mass is 127. The molecule has 0 saturated heterocycles. The van der Waals surface area contributed by atoms with Gasteiger partial charge in [-0.3, -0.25) is 4.79 Å². The Morgan fingerprint density at radius 3 is 2.75 bits per heavy atom. The number of halogens is 1. The molecule has 0 radical (unpaired) electrons. The number of benzene rings is 2. The van der Waals surface area contributed by atoms with Gasteiger partial charge in [0.15, 0.2) is 0 Å². The molecule has 0 fully saturated rings. The van der Waals surface area contributed by atoms with Crippen LogP contribution in [-0.4, -0.2) is 12.5 Å². The van der Waals surface area contributed by atoms with Gasteiger partial charge in [-0.2, -0.15) is 0 Å². The smallest absolute Gasteiger partial charge is 0.227 e. The van der Waals surface area contributed by atoms with Crippen molar-refractivity contribution in [1.29, 1.82) is 0 Å². The first kappa shape index (κ1) is 14.8. The molecule has 0 unspecified atom stereocenters. The zero-order valence-electron chi connectivity index (χ0n) is 11.2. The minimum Gasteiger partial charge on any atom is -0.493 e. The molecule has 3 nitrogen and oxygen atoms in total. The predicted molar refractivity (Wildman–Crippen MR) is 89.1 cm³/mol. The summed E-state index contributed by atoms with van der Waals surface area (Å²) < 4.78 is 6.65. The van der Waals surface area contributed by atoms with Gasteiger partial charge in [0.25, 0.3) is 0 Å². The zero-order chi connectivity index (χ0) is 14.4. The molecule has 1 N–H and O–H groups in total. The number of nitrogens with one attached hydrogen (secondary N) is 1. The van der Waals surface area contributed by atoms with Crippen molar-refractivity contribution >= 4 is 34.2 Å². The molecule has 0 saturated carbocycles. The number of aryl methyl sites for hydroxylation is 1. The van der Waals surface area contributed by atoms with Crippen LogP contribution in [-0.2, 0) is 4.79 Å². The number of amides is 1.